The van der Waals surface area contributed by atoms with Gasteiger partial charge in [-0.15, -0.1) is 0 Å². The van der Waals surface area contributed by atoms with Gasteiger partial charge in [0.15, 0.2) is 0 Å². The van der Waals surface area contributed by atoms with E-state index >= 15 is 0 Å². The first-order valence-corrected chi connectivity index (χ1v) is 11.9. The number of ether oxygens (including phenoxy) is 2. The molecule has 31 heavy (non-hydrogen) atoms. The summed E-state index contributed by atoms with van der Waals surface area (Å²) in [5.74, 6) is 1.98. The van der Waals surface area contributed by atoms with Gasteiger partial charge in [0.25, 0.3) is 5.91 Å². The molecule has 0 atom stereocenters. The molecule has 0 aromatic heterocycles. The van der Waals surface area contributed by atoms with Crippen molar-refractivity contribution in [3.63, 3.8) is 0 Å². The van der Waals surface area contributed by atoms with Crippen LogP contribution < -0.4 is 9.47 Å². The number of nitrogens with zero attached hydrogens (tertiary/aromatic N) is 2. The van der Waals surface area contributed by atoms with Gasteiger partial charge in [0.1, 0.15) is 15.8 Å². The Hall–Kier alpha value is -2.56. The van der Waals surface area contributed by atoms with Crippen LogP contribution in [0.3, 0.4) is 0 Å². The Balaban J connectivity index is 1.81. The maximum absolute atomic E-state index is 12.7. The van der Waals surface area contributed by atoms with E-state index in [0.29, 0.717) is 32.8 Å². The van der Waals surface area contributed by atoms with Crippen LogP contribution >= 0.6 is 35.7 Å². The SMILES string of the molecule is COc1ccc(Oc2ccc(/C=C3\SC(=S)N(CCCSC)C3=O)cc2[N+](=O)[O-])cc1. The molecule has 2 aromatic carbocycles. The second-order valence-electron chi connectivity index (χ2n) is 6.44. The van der Waals surface area contributed by atoms with Crippen LogP contribution in [0.1, 0.15) is 12.0 Å². The molecule has 0 bridgehead atoms. The molecule has 1 heterocycles. The number of hydrogen-bond donors (Lipinski definition) is 0. The molecule has 1 saturated heterocycles. The van der Waals surface area contributed by atoms with Gasteiger partial charge in [-0.05, 0) is 60.4 Å². The molecule has 1 fully saturated rings. The summed E-state index contributed by atoms with van der Waals surface area (Å²) in [6.07, 6.45) is 4.49. The Labute approximate surface area is 193 Å². The largest absolute Gasteiger partial charge is 0.497 e. The van der Waals surface area contributed by atoms with E-state index in [1.165, 1.54) is 23.9 Å². The summed E-state index contributed by atoms with van der Waals surface area (Å²) in [4.78, 5) is 25.8. The van der Waals surface area contributed by atoms with E-state index < -0.39 is 4.92 Å². The summed E-state index contributed by atoms with van der Waals surface area (Å²) in [7, 11) is 1.55. The lowest BCUT2D eigenvalue weighted by molar-refractivity contribution is -0.385. The quantitative estimate of drug-likeness (QED) is 0.157. The minimum Gasteiger partial charge on any atom is -0.497 e. The number of carbonyl (C=O) groups is 1. The van der Waals surface area contributed by atoms with E-state index in [2.05, 4.69) is 0 Å². The standard InChI is InChI=1S/C21H20N2O5S3/c1-27-15-5-7-16(8-6-15)28-18-9-4-14(12-17(18)23(25)26)13-19-20(24)22(21(29)31-19)10-3-11-30-2/h4-9,12-13H,3,10-11H2,1-2H3/b19-13-. The van der Waals surface area contributed by atoms with Gasteiger partial charge in [-0.3, -0.25) is 19.8 Å². The monoisotopic (exact) mass is 476 g/mol. The van der Waals surface area contributed by atoms with Gasteiger partial charge in [0.2, 0.25) is 5.75 Å². The van der Waals surface area contributed by atoms with Crippen molar-refractivity contribution >= 4 is 57.7 Å². The van der Waals surface area contributed by atoms with E-state index in [4.69, 9.17) is 21.7 Å². The highest BCUT2D eigenvalue weighted by atomic mass is 32.2. The molecule has 0 N–H and O–H groups in total. The second kappa shape index (κ2) is 10.7. The van der Waals surface area contributed by atoms with Gasteiger partial charge in [-0.25, -0.2) is 0 Å². The lowest BCUT2D eigenvalue weighted by Crippen LogP contribution is -2.29. The zero-order valence-electron chi connectivity index (χ0n) is 16.9. The molecule has 1 amide bonds. The van der Waals surface area contributed by atoms with Crippen LogP contribution in [-0.4, -0.2) is 45.7 Å². The number of nitro groups is 1. The maximum atomic E-state index is 12.7. The van der Waals surface area contributed by atoms with Crippen molar-refractivity contribution in [2.24, 2.45) is 0 Å². The highest BCUT2D eigenvalue weighted by molar-refractivity contribution is 8.26. The first-order valence-electron chi connectivity index (χ1n) is 9.27. The van der Waals surface area contributed by atoms with Gasteiger partial charge < -0.3 is 9.47 Å². The van der Waals surface area contributed by atoms with Gasteiger partial charge >= 0.3 is 5.69 Å². The first-order chi connectivity index (χ1) is 14.9. The zero-order chi connectivity index (χ0) is 22.4. The van der Waals surface area contributed by atoms with Crippen LogP contribution in [0.15, 0.2) is 47.4 Å². The number of amides is 1. The molecule has 2 aromatic rings. The van der Waals surface area contributed by atoms with Crippen LogP contribution in [-0.2, 0) is 4.79 Å². The zero-order valence-corrected chi connectivity index (χ0v) is 19.4. The smallest absolute Gasteiger partial charge is 0.312 e. The molecule has 0 saturated carbocycles. The van der Waals surface area contributed by atoms with Crippen molar-refractivity contribution in [2.45, 2.75) is 6.42 Å². The van der Waals surface area contributed by atoms with Crippen LogP contribution in [0.2, 0.25) is 0 Å². The normalized spacial score (nSPS) is 14.9. The lowest BCUT2D eigenvalue weighted by atomic mass is 10.1. The van der Waals surface area contributed by atoms with E-state index in [9.17, 15) is 14.9 Å². The van der Waals surface area contributed by atoms with E-state index in [0.717, 1.165) is 12.2 Å². The molecule has 0 radical (unpaired) electrons. The summed E-state index contributed by atoms with van der Waals surface area (Å²) >= 11 is 8.25. The van der Waals surface area contributed by atoms with Crippen molar-refractivity contribution in [1.29, 1.82) is 0 Å². The minimum absolute atomic E-state index is 0.108. The number of nitro benzene ring substituents is 1. The average molecular weight is 477 g/mol. The number of thiocarbonyl (C=S) groups is 1. The van der Waals surface area contributed by atoms with Crippen molar-refractivity contribution in [1.82, 2.24) is 4.90 Å². The Kier molecular flexibility index (Phi) is 7.94. The fourth-order valence-electron chi connectivity index (χ4n) is 2.84. The Morgan fingerprint density at radius 1 is 1.23 bits per heavy atom. The molecule has 7 nitrogen and oxygen atoms in total. The number of methoxy groups -OCH3 is 1. The maximum Gasteiger partial charge on any atom is 0.312 e. The molecular formula is C21H20N2O5S3. The molecule has 0 unspecified atom stereocenters. The van der Waals surface area contributed by atoms with E-state index in [1.54, 1.807) is 60.2 Å². The summed E-state index contributed by atoms with van der Waals surface area (Å²) in [6.45, 7) is 0.567. The van der Waals surface area contributed by atoms with Gasteiger partial charge in [0, 0.05) is 12.6 Å². The predicted octanol–water partition coefficient (Wildman–Crippen LogP) is 5.35. The Bertz CT molecular complexity index is 1020. The van der Waals surface area contributed by atoms with Gasteiger partial charge in [0.05, 0.1) is 16.9 Å². The fourth-order valence-corrected chi connectivity index (χ4v) is 4.56. The number of hydrogen-bond acceptors (Lipinski definition) is 8. The van der Waals surface area contributed by atoms with E-state index in [1.807, 2.05) is 6.26 Å². The van der Waals surface area contributed by atoms with Crippen molar-refractivity contribution < 1.29 is 19.2 Å². The third kappa shape index (κ3) is 5.78. The number of carbonyl (C=O) groups excluding carboxylic acids is 1. The molecule has 1 aliphatic rings. The third-order valence-corrected chi connectivity index (χ3v) is 6.44. The highest BCUT2D eigenvalue weighted by Gasteiger charge is 2.31. The molecule has 1 aliphatic heterocycles. The fraction of sp³-hybridized carbons (Fsp3) is 0.238. The Morgan fingerprint density at radius 2 is 1.94 bits per heavy atom. The van der Waals surface area contributed by atoms with Crippen LogP contribution in [0.5, 0.6) is 17.2 Å². The number of benzene rings is 2. The van der Waals surface area contributed by atoms with Crippen molar-refractivity contribution in [2.75, 3.05) is 25.7 Å². The molecule has 0 spiro atoms. The number of rotatable bonds is 9. The molecule has 0 aliphatic carbocycles. The van der Waals surface area contributed by atoms with Gasteiger partial charge in [-0.1, -0.05) is 30.0 Å². The predicted molar refractivity (Wildman–Crippen MR) is 129 cm³/mol. The third-order valence-electron chi connectivity index (χ3n) is 4.37. The second-order valence-corrected chi connectivity index (χ2v) is 9.10. The molecule has 3 rings (SSSR count). The van der Waals surface area contributed by atoms with Crippen LogP contribution in [0, 0.1) is 10.1 Å². The topological polar surface area (TPSA) is 81.9 Å². The summed E-state index contributed by atoms with van der Waals surface area (Å²) in [5.41, 5.74) is 0.332. The van der Waals surface area contributed by atoms with Crippen molar-refractivity contribution in [3.05, 3.63) is 63.0 Å². The molecule has 162 valence electrons. The van der Waals surface area contributed by atoms with E-state index in [-0.39, 0.29) is 17.3 Å². The minimum atomic E-state index is -0.510. The Morgan fingerprint density at radius 3 is 2.58 bits per heavy atom. The number of thioether (sulfide) groups is 2. The average Bonchev–Trinajstić information content (AvgIpc) is 3.02. The van der Waals surface area contributed by atoms with Crippen LogP contribution in [0.4, 0.5) is 5.69 Å². The summed E-state index contributed by atoms with van der Waals surface area (Å²) < 4.78 is 11.3. The first kappa shape index (κ1) is 23.1. The summed E-state index contributed by atoms with van der Waals surface area (Å²) in [6, 6.07) is 11.3. The highest BCUT2D eigenvalue weighted by Crippen LogP contribution is 2.36. The summed E-state index contributed by atoms with van der Waals surface area (Å²) in [5, 5.41) is 11.6. The molecular weight excluding hydrogens is 456 g/mol. The van der Waals surface area contributed by atoms with Crippen molar-refractivity contribution in [3.8, 4) is 17.2 Å². The lowest BCUT2D eigenvalue weighted by Gasteiger charge is -2.13. The molecule has 10 heteroatoms. The van der Waals surface area contributed by atoms with Gasteiger partial charge in [-0.2, -0.15) is 11.8 Å². The van der Waals surface area contributed by atoms with Crippen LogP contribution in [0.25, 0.3) is 6.08 Å².